The van der Waals surface area contributed by atoms with Gasteiger partial charge in [0.15, 0.2) is 0 Å². The number of nitrogens with zero attached hydrogens (tertiary/aromatic N) is 1. The van der Waals surface area contributed by atoms with E-state index >= 15 is 0 Å². The second-order valence-corrected chi connectivity index (χ2v) is 5.34. The molecule has 1 aliphatic heterocycles. The molecule has 0 bridgehead atoms. The van der Waals surface area contributed by atoms with Gasteiger partial charge in [-0.15, -0.1) is 11.3 Å². The Morgan fingerprint density at radius 3 is 3.00 bits per heavy atom. The van der Waals surface area contributed by atoms with Crippen molar-refractivity contribution < 1.29 is 9.18 Å². The first kappa shape index (κ1) is 11.1. The summed E-state index contributed by atoms with van der Waals surface area (Å²) in [6, 6.07) is 1.90. The highest BCUT2D eigenvalue weighted by Gasteiger charge is 2.22. The van der Waals surface area contributed by atoms with Crippen LogP contribution in [-0.2, 0) is 0 Å². The molecule has 0 fully saturated rings. The molecule has 2 heterocycles. The van der Waals surface area contributed by atoms with Gasteiger partial charge in [0.1, 0.15) is 10.7 Å². The Balaban J connectivity index is 2.16. The maximum Gasteiger partial charge on any atom is 0.265 e. The molecule has 0 atom stereocenters. The average molecular weight is 337 g/mol. The third kappa shape index (κ3) is 2.39. The van der Waals surface area contributed by atoms with Crippen LogP contribution < -0.4 is 0 Å². The Bertz CT molecular complexity index is 415. The molecular weight excluding hydrogens is 328 g/mol. The minimum Gasteiger partial charge on any atom is -0.331 e. The van der Waals surface area contributed by atoms with Gasteiger partial charge >= 0.3 is 0 Å². The summed E-state index contributed by atoms with van der Waals surface area (Å²) in [7, 11) is 0. The van der Waals surface area contributed by atoms with Crippen LogP contribution in [0.25, 0.3) is 0 Å². The topological polar surface area (TPSA) is 20.3 Å². The Morgan fingerprint density at radius 2 is 2.40 bits per heavy atom. The van der Waals surface area contributed by atoms with Crippen LogP contribution >= 0.6 is 33.9 Å². The molecule has 0 unspecified atom stereocenters. The summed E-state index contributed by atoms with van der Waals surface area (Å²) in [5, 5.41) is 1.88. The quantitative estimate of drug-likeness (QED) is 0.722. The van der Waals surface area contributed by atoms with E-state index in [1.807, 2.05) is 11.4 Å². The van der Waals surface area contributed by atoms with E-state index in [0.29, 0.717) is 17.8 Å². The van der Waals surface area contributed by atoms with E-state index in [0.717, 1.165) is 3.57 Å². The van der Waals surface area contributed by atoms with Gasteiger partial charge in [-0.05, 0) is 46.5 Å². The highest BCUT2D eigenvalue weighted by molar-refractivity contribution is 14.1. The van der Waals surface area contributed by atoms with Gasteiger partial charge in [-0.2, -0.15) is 0 Å². The van der Waals surface area contributed by atoms with Gasteiger partial charge in [0.2, 0.25) is 0 Å². The third-order valence-electron chi connectivity index (χ3n) is 2.21. The lowest BCUT2D eigenvalue weighted by Crippen LogP contribution is -2.35. The first-order valence-corrected chi connectivity index (χ1v) is 6.51. The van der Waals surface area contributed by atoms with Crippen LogP contribution in [0.3, 0.4) is 0 Å². The van der Waals surface area contributed by atoms with E-state index < -0.39 is 0 Å². The number of halogens is 2. The number of hydrogen-bond donors (Lipinski definition) is 0. The molecule has 5 heteroatoms. The molecule has 15 heavy (non-hydrogen) atoms. The maximum absolute atomic E-state index is 13.0. The Labute approximate surface area is 105 Å². The highest BCUT2D eigenvalue weighted by atomic mass is 127. The van der Waals surface area contributed by atoms with Gasteiger partial charge in [-0.3, -0.25) is 4.79 Å². The van der Waals surface area contributed by atoms with Crippen molar-refractivity contribution >= 4 is 39.8 Å². The van der Waals surface area contributed by atoms with E-state index in [1.54, 1.807) is 11.0 Å². The zero-order valence-corrected chi connectivity index (χ0v) is 10.8. The lowest BCUT2D eigenvalue weighted by Gasteiger charge is -2.24. The zero-order valence-electron chi connectivity index (χ0n) is 7.87. The molecule has 0 aliphatic carbocycles. The second kappa shape index (κ2) is 4.61. The number of hydrogen-bond acceptors (Lipinski definition) is 2. The first-order chi connectivity index (χ1) is 7.18. The predicted molar refractivity (Wildman–Crippen MR) is 66.7 cm³/mol. The lowest BCUT2D eigenvalue weighted by atomic mass is 10.2. The molecule has 1 aliphatic rings. The smallest absolute Gasteiger partial charge is 0.265 e. The summed E-state index contributed by atoms with van der Waals surface area (Å²) < 4.78 is 13.9. The molecule has 80 valence electrons. The summed E-state index contributed by atoms with van der Waals surface area (Å²) in [6.45, 7) is 0.729. The molecule has 0 saturated carbocycles. The van der Waals surface area contributed by atoms with Crippen LogP contribution in [0.2, 0.25) is 0 Å². The molecule has 0 radical (unpaired) electrons. The molecule has 0 aromatic carbocycles. The van der Waals surface area contributed by atoms with Gasteiger partial charge < -0.3 is 4.90 Å². The first-order valence-electron chi connectivity index (χ1n) is 4.55. The fraction of sp³-hybridized carbons (Fsp3) is 0.300. The Morgan fingerprint density at radius 1 is 1.60 bits per heavy atom. The van der Waals surface area contributed by atoms with Crippen LogP contribution in [0.4, 0.5) is 4.39 Å². The highest BCUT2D eigenvalue weighted by Crippen LogP contribution is 2.22. The van der Waals surface area contributed by atoms with Crippen LogP contribution in [-0.4, -0.2) is 23.9 Å². The minimum atomic E-state index is -0.207. The van der Waals surface area contributed by atoms with E-state index in [-0.39, 0.29) is 18.3 Å². The van der Waals surface area contributed by atoms with Crippen LogP contribution in [0.1, 0.15) is 16.1 Å². The maximum atomic E-state index is 13.0. The third-order valence-corrected chi connectivity index (χ3v) is 4.37. The largest absolute Gasteiger partial charge is 0.331 e. The van der Waals surface area contributed by atoms with Crippen LogP contribution in [0, 0.1) is 3.57 Å². The second-order valence-electron chi connectivity index (χ2n) is 3.26. The van der Waals surface area contributed by atoms with Gasteiger partial charge in [0.25, 0.3) is 5.91 Å². The van der Waals surface area contributed by atoms with Crippen LogP contribution in [0.5, 0.6) is 0 Å². The normalized spacial score (nSPS) is 16.4. The van der Waals surface area contributed by atoms with E-state index in [9.17, 15) is 9.18 Å². The van der Waals surface area contributed by atoms with Gasteiger partial charge in [0, 0.05) is 10.1 Å². The zero-order chi connectivity index (χ0) is 10.8. The molecule has 2 rings (SSSR count). The SMILES string of the molecule is O=C(c1sccc1I)N1CCC=C(F)C1. The summed E-state index contributed by atoms with van der Waals surface area (Å²) in [5.74, 6) is -0.265. The molecule has 2 nitrogen and oxygen atoms in total. The lowest BCUT2D eigenvalue weighted by molar-refractivity contribution is 0.0759. The number of thiophene rings is 1. The molecule has 1 aromatic heterocycles. The van der Waals surface area contributed by atoms with Crippen molar-refractivity contribution in [1.29, 1.82) is 0 Å². The van der Waals surface area contributed by atoms with Crippen molar-refractivity contribution in [3.8, 4) is 0 Å². The minimum absolute atomic E-state index is 0.0577. The molecule has 1 aromatic rings. The number of carbonyl (C=O) groups is 1. The van der Waals surface area contributed by atoms with E-state index in [2.05, 4.69) is 22.6 Å². The van der Waals surface area contributed by atoms with Crippen molar-refractivity contribution in [2.24, 2.45) is 0 Å². The molecule has 0 saturated heterocycles. The Hall–Kier alpha value is -0.430. The molecular formula is C10H9FINOS. The van der Waals surface area contributed by atoms with Crippen molar-refractivity contribution in [2.75, 3.05) is 13.1 Å². The standard InChI is InChI=1S/C10H9FINOS/c11-7-2-1-4-13(6-7)10(14)9-8(12)3-5-15-9/h2-3,5H,1,4,6H2. The molecule has 0 N–H and O–H groups in total. The van der Waals surface area contributed by atoms with Gasteiger partial charge in [-0.25, -0.2) is 4.39 Å². The number of amides is 1. The van der Waals surface area contributed by atoms with E-state index in [1.165, 1.54) is 11.3 Å². The summed E-state index contributed by atoms with van der Waals surface area (Å²) in [4.78, 5) is 14.2. The van der Waals surface area contributed by atoms with Gasteiger partial charge in [-0.1, -0.05) is 0 Å². The Kier molecular flexibility index (Phi) is 3.40. The van der Waals surface area contributed by atoms with Gasteiger partial charge in [0.05, 0.1) is 6.54 Å². The summed E-state index contributed by atoms with van der Waals surface area (Å²) in [5.41, 5.74) is 0. The molecule has 0 spiro atoms. The van der Waals surface area contributed by atoms with Crippen molar-refractivity contribution in [1.82, 2.24) is 4.90 Å². The summed E-state index contributed by atoms with van der Waals surface area (Å²) >= 11 is 3.54. The average Bonchev–Trinajstić information content (AvgIpc) is 2.63. The molecule has 1 amide bonds. The monoisotopic (exact) mass is 337 g/mol. The van der Waals surface area contributed by atoms with Crippen molar-refractivity contribution in [2.45, 2.75) is 6.42 Å². The van der Waals surface area contributed by atoms with Crippen molar-refractivity contribution in [3.63, 3.8) is 0 Å². The number of carbonyl (C=O) groups excluding carboxylic acids is 1. The van der Waals surface area contributed by atoms with Crippen molar-refractivity contribution in [3.05, 3.63) is 31.8 Å². The fourth-order valence-electron chi connectivity index (χ4n) is 1.47. The summed E-state index contributed by atoms with van der Waals surface area (Å²) in [6.07, 6.45) is 2.16. The fourth-order valence-corrected chi connectivity index (χ4v) is 3.25. The van der Waals surface area contributed by atoms with Crippen LogP contribution in [0.15, 0.2) is 23.3 Å². The predicted octanol–water partition coefficient (Wildman–Crippen LogP) is 3.05. The van der Waals surface area contributed by atoms with E-state index in [4.69, 9.17) is 0 Å². The number of rotatable bonds is 1.